The first-order chi connectivity index (χ1) is 18.2. The smallest absolute Gasteiger partial charge is 0.247 e. The van der Waals surface area contributed by atoms with Crippen molar-refractivity contribution in [2.75, 3.05) is 0 Å². The second kappa shape index (κ2) is 12.5. The molecule has 0 amide bonds. The van der Waals surface area contributed by atoms with E-state index in [4.69, 9.17) is 8.57 Å². The highest BCUT2D eigenvalue weighted by Crippen LogP contribution is 2.33. The van der Waals surface area contributed by atoms with Crippen LogP contribution >= 0.6 is 0 Å². The number of benzene rings is 2. The quantitative estimate of drug-likeness (QED) is 0.367. The number of hydrogen-bond acceptors (Lipinski definition) is 8. The summed E-state index contributed by atoms with van der Waals surface area (Å²) in [5.74, 6) is 0. The molecule has 2 fully saturated rings. The zero-order chi connectivity index (χ0) is 27.2. The van der Waals surface area contributed by atoms with Gasteiger partial charge in [0.15, 0.2) is 0 Å². The van der Waals surface area contributed by atoms with Gasteiger partial charge >= 0.3 is 20.2 Å². The maximum atomic E-state index is 13.0. The number of rotatable bonds is 9. The molecule has 0 unspecified atom stereocenters. The van der Waals surface area contributed by atoms with E-state index in [9.17, 15) is 16.8 Å². The summed E-state index contributed by atoms with van der Waals surface area (Å²) in [7, 11) is -8.24. The van der Waals surface area contributed by atoms with Crippen LogP contribution in [0.15, 0.2) is 80.9 Å². The zero-order valence-electron chi connectivity index (χ0n) is 22.0. The van der Waals surface area contributed by atoms with Crippen LogP contribution in [-0.2, 0) is 28.8 Å². The van der Waals surface area contributed by atoms with Gasteiger partial charge in [-0.2, -0.15) is 16.8 Å². The van der Waals surface area contributed by atoms with Crippen LogP contribution in [0.1, 0.15) is 75.3 Å². The van der Waals surface area contributed by atoms with E-state index in [2.05, 4.69) is 11.0 Å². The fraction of sp³-hybridized carbons (Fsp3) is 0.429. The van der Waals surface area contributed by atoms with Gasteiger partial charge in [-0.1, -0.05) is 48.2 Å². The Labute approximate surface area is 226 Å². The van der Waals surface area contributed by atoms with Crippen molar-refractivity contribution in [2.24, 2.45) is 0 Å². The minimum Gasteiger partial charge on any atom is -0.247 e. The Morgan fingerprint density at radius 3 is 1.18 bits per heavy atom. The van der Waals surface area contributed by atoms with Crippen LogP contribution in [0.25, 0.3) is 0 Å². The van der Waals surface area contributed by atoms with Crippen LogP contribution in [0, 0.1) is 13.8 Å². The number of allylic oxidation sites excluding steroid dienone is 2. The van der Waals surface area contributed by atoms with Gasteiger partial charge in [0, 0.05) is 0 Å². The van der Waals surface area contributed by atoms with E-state index in [1.807, 2.05) is 13.8 Å². The van der Waals surface area contributed by atoms with Crippen molar-refractivity contribution >= 4 is 20.2 Å². The van der Waals surface area contributed by atoms with Crippen LogP contribution in [0.4, 0.5) is 0 Å². The number of hydroxylamine groups is 2. The Morgan fingerprint density at radius 1 is 0.553 bits per heavy atom. The summed E-state index contributed by atoms with van der Waals surface area (Å²) in [6, 6.07) is 12.8. The Balaban J connectivity index is 1.66. The molecule has 2 aromatic rings. The van der Waals surface area contributed by atoms with Crippen LogP contribution < -0.4 is 11.0 Å². The van der Waals surface area contributed by atoms with Crippen LogP contribution in [0.5, 0.6) is 0 Å². The lowest BCUT2D eigenvalue weighted by atomic mass is 9.88. The van der Waals surface area contributed by atoms with Crippen LogP contribution in [0.3, 0.4) is 0 Å². The third-order valence-electron chi connectivity index (χ3n) is 7.00. The molecule has 0 radical (unpaired) electrons. The SMILES string of the molecule is Cc1ccc(S(=O)(=O)ONC(=C2CCCCC2)C(NOS(=O)(=O)c2ccc(C)cc2)=C2CCCCC2)cc1. The van der Waals surface area contributed by atoms with E-state index in [1.54, 1.807) is 24.3 Å². The maximum absolute atomic E-state index is 13.0. The van der Waals surface area contributed by atoms with E-state index in [-0.39, 0.29) is 9.79 Å². The second-order valence-electron chi connectivity index (χ2n) is 9.98. The Kier molecular flexibility index (Phi) is 9.30. The van der Waals surface area contributed by atoms with Gasteiger partial charge in [0.1, 0.15) is 0 Å². The van der Waals surface area contributed by atoms with Gasteiger partial charge in [0.05, 0.1) is 21.2 Å². The highest BCUT2D eigenvalue weighted by molar-refractivity contribution is 7.87. The number of aryl methyl sites for hydroxylation is 2. The summed E-state index contributed by atoms with van der Waals surface area (Å²) in [6.45, 7) is 3.75. The molecule has 38 heavy (non-hydrogen) atoms. The highest BCUT2D eigenvalue weighted by Gasteiger charge is 2.25. The Morgan fingerprint density at radius 2 is 0.868 bits per heavy atom. The molecule has 206 valence electrons. The average Bonchev–Trinajstić information content (AvgIpc) is 2.92. The van der Waals surface area contributed by atoms with Crippen molar-refractivity contribution in [2.45, 2.75) is 87.8 Å². The topological polar surface area (TPSA) is 111 Å². The highest BCUT2D eigenvalue weighted by atomic mass is 32.2. The molecular weight excluding hydrogens is 524 g/mol. The molecular formula is C28H36N2O6S2. The van der Waals surface area contributed by atoms with Crippen LogP contribution in [0.2, 0.25) is 0 Å². The molecule has 4 rings (SSSR count). The third-order valence-corrected chi connectivity index (χ3v) is 9.30. The summed E-state index contributed by atoms with van der Waals surface area (Å²) < 4.78 is 62.7. The van der Waals surface area contributed by atoms with Gasteiger partial charge < -0.3 is 0 Å². The largest absolute Gasteiger partial charge is 0.317 e. The van der Waals surface area contributed by atoms with Crippen molar-refractivity contribution in [3.05, 3.63) is 82.2 Å². The molecule has 2 N–H and O–H groups in total. The number of hydrogen-bond donors (Lipinski definition) is 2. The lowest BCUT2D eigenvalue weighted by Gasteiger charge is -2.26. The van der Waals surface area contributed by atoms with Crippen molar-refractivity contribution in [1.82, 2.24) is 11.0 Å². The van der Waals surface area contributed by atoms with Gasteiger partial charge in [-0.05, 0) is 101 Å². The minimum atomic E-state index is -4.12. The first-order valence-corrected chi connectivity index (χ1v) is 15.9. The fourth-order valence-corrected chi connectivity index (χ4v) is 6.27. The van der Waals surface area contributed by atoms with Gasteiger partial charge in [-0.3, -0.25) is 0 Å². The molecule has 0 spiro atoms. The van der Waals surface area contributed by atoms with Crippen molar-refractivity contribution in [3.8, 4) is 0 Å². The summed E-state index contributed by atoms with van der Waals surface area (Å²) >= 11 is 0. The van der Waals surface area contributed by atoms with Gasteiger partial charge in [0.25, 0.3) is 0 Å². The molecule has 0 heterocycles. The van der Waals surface area contributed by atoms with Crippen molar-refractivity contribution in [1.29, 1.82) is 0 Å². The Hall–Kier alpha value is -2.66. The van der Waals surface area contributed by atoms with Gasteiger partial charge in [-0.15, -0.1) is 8.57 Å². The Bertz CT molecular complexity index is 1270. The molecule has 0 aliphatic heterocycles. The van der Waals surface area contributed by atoms with Gasteiger partial charge in [0.2, 0.25) is 0 Å². The van der Waals surface area contributed by atoms with Gasteiger partial charge in [-0.25, -0.2) is 11.0 Å². The summed E-state index contributed by atoms with van der Waals surface area (Å²) in [6.07, 6.45) is 8.98. The minimum absolute atomic E-state index is 0.0293. The molecule has 2 aromatic carbocycles. The fourth-order valence-electron chi connectivity index (χ4n) is 4.76. The number of nitrogens with one attached hydrogen (secondary N) is 2. The van der Waals surface area contributed by atoms with E-state index in [0.717, 1.165) is 86.5 Å². The lowest BCUT2D eigenvalue weighted by Crippen LogP contribution is -2.31. The summed E-state index contributed by atoms with van der Waals surface area (Å²) in [4.78, 5) is 0.0586. The molecule has 0 saturated heterocycles. The third kappa shape index (κ3) is 7.25. The zero-order valence-corrected chi connectivity index (χ0v) is 23.6. The van der Waals surface area contributed by atoms with E-state index in [1.165, 1.54) is 24.3 Å². The molecule has 2 aliphatic rings. The molecule has 2 aliphatic carbocycles. The first-order valence-electron chi connectivity index (χ1n) is 13.1. The monoisotopic (exact) mass is 560 g/mol. The molecule has 0 atom stereocenters. The predicted octanol–water partition coefficient (Wildman–Crippen LogP) is 5.86. The molecule has 0 aromatic heterocycles. The molecule has 10 heteroatoms. The van der Waals surface area contributed by atoms with E-state index in [0.29, 0.717) is 11.4 Å². The molecule has 0 bridgehead atoms. The second-order valence-corrected chi connectivity index (χ2v) is 13.1. The van der Waals surface area contributed by atoms with E-state index >= 15 is 0 Å². The average molecular weight is 561 g/mol. The first kappa shape index (κ1) is 28.4. The van der Waals surface area contributed by atoms with E-state index < -0.39 is 20.2 Å². The molecule has 8 nitrogen and oxygen atoms in total. The predicted molar refractivity (Wildman–Crippen MR) is 145 cm³/mol. The van der Waals surface area contributed by atoms with Crippen LogP contribution in [-0.4, -0.2) is 16.8 Å². The summed E-state index contributed by atoms with van der Waals surface area (Å²) in [5.41, 5.74) is 10.1. The lowest BCUT2D eigenvalue weighted by molar-refractivity contribution is 0.207. The molecule has 2 saturated carbocycles. The standard InChI is InChI=1S/C28H36N2O6S2/c1-21-13-17-25(18-14-21)37(31,32)35-29-27(23-9-5-3-6-10-23)28(24-11-7-4-8-12-24)30-36-38(33,34)26-19-15-22(2)16-20-26/h13-20,29-30H,3-12H2,1-2H3. The summed E-state index contributed by atoms with van der Waals surface area (Å²) in [5, 5.41) is 0. The van der Waals surface area contributed by atoms with Crippen molar-refractivity contribution < 1.29 is 25.4 Å². The van der Waals surface area contributed by atoms with Crippen molar-refractivity contribution in [3.63, 3.8) is 0 Å². The normalized spacial score (nSPS) is 16.7. The maximum Gasteiger partial charge on any atom is 0.317 e.